The first-order valence-electron chi connectivity index (χ1n) is 12.1. The molecule has 2 saturated heterocycles. The molecule has 0 spiro atoms. The van der Waals surface area contributed by atoms with Gasteiger partial charge in [-0.2, -0.15) is 17.5 Å². The van der Waals surface area contributed by atoms with Crippen LogP contribution in [0.3, 0.4) is 0 Å². The summed E-state index contributed by atoms with van der Waals surface area (Å²) in [5, 5.41) is -0.184. The summed E-state index contributed by atoms with van der Waals surface area (Å²) in [6.07, 6.45) is -0.299. The lowest BCUT2D eigenvalue weighted by Gasteiger charge is -2.36. The third kappa shape index (κ3) is 5.07. The molecule has 0 amide bonds. The first-order valence-corrected chi connectivity index (χ1v) is 13.5. The van der Waals surface area contributed by atoms with Gasteiger partial charge in [-0.25, -0.2) is 13.2 Å². The summed E-state index contributed by atoms with van der Waals surface area (Å²) in [6, 6.07) is 11.7. The van der Waals surface area contributed by atoms with Gasteiger partial charge in [-0.05, 0) is 80.6 Å². The van der Waals surface area contributed by atoms with Gasteiger partial charge in [0.2, 0.25) is 10.0 Å². The molecule has 0 saturated carbocycles. The van der Waals surface area contributed by atoms with Crippen molar-refractivity contribution in [3.63, 3.8) is 0 Å². The Balaban J connectivity index is 1.30. The summed E-state index contributed by atoms with van der Waals surface area (Å²) < 4.78 is 73.1. The van der Waals surface area contributed by atoms with E-state index in [1.807, 2.05) is 0 Å². The maximum atomic E-state index is 13.4. The summed E-state index contributed by atoms with van der Waals surface area (Å²) in [5.41, 5.74) is -0.882. The molecular weight excluding hydrogens is 493 g/mol. The van der Waals surface area contributed by atoms with Crippen molar-refractivity contribution in [3.8, 4) is 0 Å². The monoisotopic (exact) mass is 520 g/mol. The van der Waals surface area contributed by atoms with Crippen molar-refractivity contribution in [2.75, 3.05) is 26.2 Å². The van der Waals surface area contributed by atoms with E-state index in [2.05, 4.69) is 4.90 Å². The van der Waals surface area contributed by atoms with Crippen LogP contribution in [0.25, 0.3) is 11.0 Å². The van der Waals surface area contributed by atoms with Gasteiger partial charge in [-0.15, -0.1) is 0 Å². The van der Waals surface area contributed by atoms with Crippen molar-refractivity contribution in [1.82, 2.24) is 9.21 Å². The van der Waals surface area contributed by atoms with Crippen LogP contribution in [-0.4, -0.2) is 49.8 Å². The third-order valence-electron chi connectivity index (χ3n) is 7.16. The average Bonchev–Trinajstić information content (AvgIpc) is 3.39. The Bertz CT molecular complexity index is 1400. The molecular formula is C26H27F3N2O4S. The fraction of sp³-hybridized carbons (Fsp3) is 0.423. The van der Waals surface area contributed by atoms with Crippen molar-refractivity contribution < 1.29 is 26.0 Å². The normalized spacial score (nSPS) is 18.8. The number of hydrogen-bond donors (Lipinski definition) is 0. The van der Waals surface area contributed by atoms with Crippen molar-refractivity contribution >= 4 is 21.0 Å². The molecule has 0 atom stereocenters. The first kappa shape index (κ1) is 25.0. The van der Waals surface area contributed by atoms with E-state index in [0.29, 0.717) is 37.2 Å². The molecule has 0 bridgehead atoms. The van der Waals surface area contributed by atoms with Crippen LogP contribution < -0.4 is 5.63 Å². The number of piperidine rings is 1. The molecule has 2 aliphatic heterocycles. The predicted molar refractivity (Wildman–Crippen MR) is 129 cm³/mol. The van der Waals surface area contributed by atoms with Crippen LogP contribution >= 0.6 is 0 Å². The lowest BCUT2D eigenvalue weighted by Crippen LogP contribution is -2.45. The Kier molecular flexibility index (Phi) is 6.69. The van der Waals surface area contributed by atoms with Crippen molar-refractivity contribution in [2.45, 2.75) is 49.2 Å². The summed E-state index contributed by atoms with van der Waals surface area (Å²) in [6.45, 7) is 3.20. The molecule has 2 aromatic carbocycles. The average molecular weight is 521 g/mol. The maximum Gasteiger partial charge on any atom is 0.417 e. The third-order valence-corrected chi connectivity index (χ3v) is 9.08. The molecule has 1 aromatic heterocycles. The first-order chi connectivity index (χ1) is 17.1. The topological polar surface area (TPSA) is 70.8 Å². The molecule has 6 nitrogen and oxygen atoms in total. The molecule has 0 radical (unpaired) electrons. The van der Waals surface area contributed by atoms with Crippen LogP contribution in [0, 0.1) is 0 Å². The predicted octanol–water partition coefficient (Wildman–Crippen LogP) is 4.65. The number of likely N-dealkylation sites (tertiary alicyclic amines) is 1. The number of rotatable bonds is 5. The lowest BCUT2D eigenvalue weighted by atomic mass is 10.0. The second-order valence-electron chi connectivity index (χ2n) is 9.51. The zero-order valence-corrected chi connectivity index (χ0v) is 20.4. The Hall–Kier alpha value is -2.69. The van der Waals surface area contributed by atoms with E-state index in [-0.39, 0.29) is 15.9 Å². The van der Waals surface area contributed by atoms with E-state index in [1.165, 1.54) is 25.0 Å². The van der Waals surface area contributed by atoms with Gasteiger partial charge in [0.15, 0.2) is 0 Å². The second-order valence-corrected chi connectivity index (χ2v) is 11.4. The van der Waals surface area contributed by atoms with E-state index in [0.717, 1.165) is 31.5 Å². The second kappa shape index (κ2) is 9.64. The fourth-order valence-corrected chi connectivity index (χ4v) is 6.74. The number of halogens is 3. The minimum absolute atomic E-state index is 0.131. The molecule has 2 aliphatic rings. The molecule has 2 fully saturated rings. The van der Waals surface area contributed by atoms with Gasteiger partial charge in [-0.3, -0.25) is 0 Å². The van der Waals surface area contributed by atoms with Crippen LogP contribution in [-0.2, 0) is 22.6 Å². The smallest absolute Gasteiger partial charge is 0.417 e. The van der Waals surface area contributed by atoms with Gasteiger partial charge >= 0.3 is 11.8 Å². The highest BCUT2D eigenvalue weighted by Crippen LogP contribution is 2.34. The van der Waals surface area contributed by atoms with Crippen LogP contribution in [0.2, 0.25) is 0 Å². The quantitative estimate of drug-likeness (QED) is 0.458. The fourth-order valence-electron chi connectivity index (χ4n) is 5.27. The number of alkyl halides is 3. The Labute approximate surface area is 207 Å². The molecule has 36 heavy (non-hydrogen) atoms. The summed E-state index contributed by atoms with van der Waals surface area (Å²) >= 11 is 0. The van der Waals surface area contributed by atoms with Crippen molar-refractivity contribution in [2.24, 2.45) is 0 Å². The van der Waals surface area contributed by atoms with Crippen molar-refractivity contribution in [3.05, 3.63) is 75.6 Å². The molecule has 0 unspecified atom stereocenters. The minimum atomic E-state index is -4.69. The summed E-state index contributed by atoms with van der Waals surface area (Å²) in [7, 11) is -3.61. The van der Waals surface area contributed by atoms with E-state index < -0.39 is 27.4 Å². The zero-order chi connectivity index (χ0) is 25.5. The standard InChI is InChI=1S/C26H27F3N2O4S/c27-26(28,29)23-17-25(32)35-24-8-5-19(16-22(23)24)15-18-3-6-21(7-4-18)36(33,34)31-13-9-20(10-14-31)30-11-1-2-12-30/h3-8,16-17,20H,1-2,9-15H2. The maximum absolute atomic E-state index is 13.4. The number of benzene rings is 2. The van der Waals surface area contributed by atoms with E-state index in [1.54, 1.807) is 34.6 Å². The van der Waals surface area contributed by atoms with Crippen LogP contribution in [0.15, 0.2) is 62.6 Å². The van der Waals surface area contributed by atoms with Gasteiger partial charge in [0.05, 0.1) is 10.5 Å². The van der Waals surface area contributed by atoms with Crippen LogP contribution in [0.1, 0.15) is 42.4 Å². The molecule has 10 heteroatoms. The van der Waals surface area contributed by atoms with Gasteiger partial charge < -0.3 is 9.32 Å². The van der Waals surface area contributed by atoms with Gasteiger partial charge in [0, 0.05) is 30.6 Å². The molecule has 0 N–H and O–H groups in total. The molecule has 192 valence electrons. The number of sulfonamides is 1. The summed E-state index contributed by atoms with van der Waals surface area (Å²) in [5.74, 6) is 0. The van der Waals surface area contributed by atoms with E-state index >= 15 is 0 Å². The largest absolute Gasteiger partial charge is 0.423 e. The van der Waals surface area contributed by atoms with Gasteiger partial charge in [-0.1, -0.05) is 18.2 Å². The highest BCUT2D eigenvalue weighted by molar-refractivity contribution is 7.89. The minimum Gasteiger partial charge on any atom is -0.423 e. The molecule has 5 rings (SSSR count). The van der Waals surface area contributed by atoms with Crippen molar-refractivity contribution in [1.29, 1.82) is 0 Å². The molecule has 0 aliphatic carbocycles. The number of hydrogen-bond acceptors (Lipinski definition) is 5. The lowest BCUT2D eigenvalue weighted by molar-refractivity contribution is -0.136. The highest BCUT2D eigenvalue weighted by atomic mass is 32.2. The SMILES string of the molecule is O=c1cc(C(F)(F)F)c2cc(Cc3ccc(S(=O)(=O)N4CCC(N5CCCC5)CC4)cc3)ccc2o1. The van der Waals surface area contributed by atoms with Gasteiger partial charge in [0.25, 0.3) is 0 Å². The van der Waals surface area contributed by atoms with E-state index in [4.69, 9.17) is 4.42 Å². The molecule has 3 aromatic rings. The Morgan fingerprint density at radius 2 is 1.53 bits per heavy atom. The van der Waals surface area contributed by atoms with Gasteiger partial charge in [0.1, 0.15) is 5.58 Å². The Morgan fingerprint density at radius 3 is 2.17 bits per heavy atom. The molecule has 3 heterocycles. The Morgan fingerprint density at radius 1 is 0.889 bits per heavy atom. The summed E-state index contributed by atoms with van der Waals surface area (Å²) in [4.78, 5) is 14.2. The highest BCUT2D eigenvalue weighted by Gasteiger charge is 2.34. The van der Waals surface area contributed by atoms with Crippen LogP contribution in [0.4, 0.5) is 13.2 Å². The zero-order valence-electron chi connectivity index (χ0n) is 19.6. The van der Waals surface area contributed by atoms with Crippen LogP contribution in [0.5, 0.6) is 0 Å². The number of fused-ring (bicyclic) bond motifs is 1. The van der Waals surface area contributed by atoms with E-state index in [9.17, 15) is 26.4 Å². The number of nitrogens with zero attached hydrogens (tertiary/aromatic N) is 2.